The lowest BCUT2D eigenvalue weighted by atomic mass is 9.93. The van der Waals surface area contributed by atoms with Gasteiger partial charge in [-0.25, -0.2) is 4.98 Å². The molecular formula is C16H24N6O2. The maximum Gasteiger partial charge on any atom is 0.255 e. The zero-order valence-corrected chi connectivity index (χ0v) is 14.4. The van der Waals surface area contributed by atoms with Crippen molar-refractivity contribution in [2.75, 3.05) is 13.2 Å². The lowest BCUT2D eigenvalue weighted by Crippen LogP contribution is -2.28. The van der Waals surface area contributed by atoms with Gasteiger partial charge in [0.2, 0.25) is 0 Å². The number of rotatable bonds is 5. The smallest absolute Gasteiger partial charge is 0.255 e. The van der Waals surface area contributed by atoms with Crippen molar-refractivity contribution < 1.29 is 9.53 Å². The van der Waals surface area contributed by atoms with Crippen molar-refractivity contribution in [3.63, 3.8) is 0 Å². The van der Waals surface area contributed by atoms with Gasteiger partial charge >= 0.3 is 0 Å². The molecule has 0 saturated carbocycles. The van der Waals surface area contributed by atoms with E-state index < -0.39 is 0 Å². The third-order valence-corrected chi connectivity index (χ3v) is 4.33. The van der Waals surface area contributed by atoms with Gasteiger partial charge in [0.25, 0.3) is 5.91 Å². The monoisotopic (exact) mass is 332 g/mol. The minimum Gasteiger partial charge on any atom is -0.381 e. The molecule has 0 radical (unpaired) electrons. The fourth-order valence-electron chi connectivity index (χ4n) is 2.95. The topological polar surface area (TPSA) is 97.7 Å². The first-order valence-electron chi connectivity index (χ1n) is 8.41. The summed E-state index contributed by atoms with van der Waals surface area (Å²) < 4.78 is 7.11. The molecule has 0 aromatic carbocycles. The van der Waals surface area contributed by atoms with Crippen molar-refractivity contribution in [2.24, 2.45) is 7.05 Å². The van der Waals surface area contributed by atoms with E-state index in [-0.39, 0.29) is 17.9 Å². The average Bonchev–Trinajstić information content (AvgIpc) is 3.22. The molecular weight excluding hydrogens is 308 g/mol. The van der Waals surface area contributed by atoms with E-state index >= 15 is 0 Å². The number of aromatic amines is 1. The van der Waals surface area contributed by atoms with Crippen LogP contribution in [0.15, 0.2) is 6.20 Å². The molecule has 1 fully saturated rings. The second-order valence-electron chi connectivity index (χ2n) is 6.18. The molecule has 24 heavy (non-hydrogen) atoms. The number of nitrogens with one attached hydrogen (secondary N) is 2. The Hall–Kier alpha value is -2.22. The van der Waals surface area contributed by atoms with Crippen molar-refractivity contribution >= 4 is 5.91 Å². The summed E-state index contributed by atoms with van der Waals surface area (Å²) in [5.41, 5.74) is 1.48. The summed E-state index contributed by atoms with van der Waals surface area (Å²) in [5.74, 6) is 1.54. The molecule has 3 rings (SSSR count). The first-order chi connectivity index (χ1) is 11.6. The van der Waals surface area contributed by atoms with E-state index in [4.69, 9.17) is 4.74 Å². The zero-order valence-electron chi connectivity index (χ0n) is 14.4. The summed E-state index contributed by atoms with van der Waals surface area (Å²) in [5, 5.41) is 14.5. The average molecular weight is 332 g/mol. The van der Waals surface area contributed by atoms with Crippen molar-refractivity contribution in [2.45, 2.75) is 45.1 Å². The summed E-state index contributed by atoms with van der Waals surface area (Å²) in [6, 6.07) is -0.267. The van der Waals surface area contributed by atoms with E-state index in [1.54, 1.807) is 10.9 Å². The first kappa shape index (κ1) is 16.6. The van der Waals surface area contributed by atoms with Crippen LogP contribution in [0.1, 0.15) is 66.3 Å². The minimum atomic E-state index is -0.267. The number of hydrogen-bond acceptors (Lipinski definition) is 5. The fraction of sp³-hybridized carbons (Fsp3) is 0.625. The summed E-state index contributed by atoms with van der Waals surface area (Å²) in [6.07, 6.45) is 4.35. The van der Waals surface area contributed by atoms with Crippen LogP contribution in [-0.4, -0.2) is 44.1 Å². The molecule has 0 aliphatic carbocycles. The van der Waals surface area contributed by atoms with Gasteiger partial charge in [-0.15, -0.1) is 0 Å². The number of ether oxygens (including phenoxy) is 1. The van der Waals surface area contributed by atoms with Gasteiger partial charge in [-0.3, -0.25) is 14.6 Å². The maximum absolute atomic E-state index is 12.7. The lowest BCUT2D eigenvalue weighted by Gasteiger charge is -2.21. The van der Waals surface area contributed by atoms with Crippen LogP contribution in [0.4, 0.5) is 0 Å². The number of hydrogen-bond donors (Lipinski definition) is 2. The molecule has 1 saturated heterocycles. The molecule has 2 aromatic rings. The highest BCUT2D eigenvalue weighted by molar-refractivity contribution is 5.95. The van der Waals surface area contributed by atoms with E-state index in [0.717, 1.165) is 44.0 Å². The number of H-pyrrole nitrogens is 1. The van der Waals surface area contributed by atoms with E-state index in [1.807, 2.05) is 20.9 Å². The predicted octanol–water partition coefficient (Wildman–Crippen LogP) is 1.49. The molecule has 1 amide bonds. The van der Waals surface area contributed by atoms with Crippen LogP contribution in [0.2, 0.25) is 0 Å². The molecule has 3 heterocycles. The Labute approximate surface area is 141 Å². The van der Waals surface area contributed by atoms with Crippen LogP contribution >= 0.6 is 0 Å². The molecule has 1 unspecified atom stereocenters. The molecule has 0 bridgehead atoms. The molecule has 8 heteroatoms. The SMILES string of the molecule is CCc1nc(C(C)NC(=O)c2cn(C)nc2C2CCOCC2)n[nH]1. The van der Waals surface area contributed by atoms with Crippen LogP contribution in [0.3, 0.4) is 0 Å². The minimum absolute atomic E-state index is 0.139. The van der Waals surface area contributed by atoms with Crippen LogP contribution < -0.4 is 5.32 Å². The summed E-state index contributed by atoms with van der Waals surface area (Å²) in [7, 11) is 1.84. The Morgan fingerprint density at radius 3 is 2.92 bits per heavy atom. The van der Waals surface area contributed by atoms with Crippen molar-refractivity contribution in [3.05, 3.63) is 29.1 Å². The van der Waals surface area contributed by atoms with Crippen molar-refractivity contribution in [1.29, 1.82) is 0 Å². The molecule has 2 aromatic heterocycles. The Bertz CT molecular complexity index is 701. The van der Waals surface area contributed by atoms with Gasteiger partial charge in [-0.1, -0.05) is 6.92 Å². The molecule has 2 N–H and O–H groups in total. The molecule has 1 atom stereocenters. The van der Waals surface area contributed by atoms with Crippen molar-refractivity contribution in [3.8, 4) is 0 Å². The lowest BCUT2D eigenvalue weighted by molar-refractivity contribution is 0.0831. The van der Waals surface area contributed by atoms with Gasteiger partial charge in [0, 0.05) is 38.8 Å². The number of carbonyl (C=O) groups is 1. The molecule has 0 spiro atoms. The number of aryl methyl sites for hydroxylation is 2. The van der Waals surface area contributed by atoms with Gasteiger partial charge in [-0.05, 0) is 19.8 Å². The number of nitrogens with zero attached hydrogens (tertiary/aromatic N) is 4. The second-order valence-corrected chi connectivity index (χ2v) is 6.18. The van der Waals surface area contributed by atoms with Crippen LogP contribution in [0.25, 0.3) is 0 Å². The Morgan fingerprint density at radius 2 is 2.25 bits per heavy atom. The van der Waals surface area contributed by atoms with E-state index in [2.05, 4.69) is 25.6 Å². The predicted molar refractivity (Wildman–Crippen MR) is 87.6 cm³/mol. The third-order valence-electron chi connectivity index (χ3n) is 4.33. The Balaban J connectivity index is 1.74. The van der Waals surface area contributed by atoms with Gasteiger partial charge in [0.1, 0.15) is 5.82 Å². The van der Waals surface area contributed by atoms with E-state index in [9.17, 15) is 4.79 Å². The molecule has 8 nitrogen and oxygen atoms in total. The largest absolute Gasteiger partial charge is 0.381 e. The molecule has 130 valence electrons. The van der Waals surface area contributed by atoms with E-state index in [1.165, 1.54) is 0 Å². The Kier molecular flexibility index (Phi) is 4.94. The Morgan fingerprint density at radius 1 is 1.50 bits per heavy atom. The van der Waals surface area contributed by atoms with Crippen molar-refractivity contribution in [1.82, 2.24) is 30.3 Å². The first-order valence-corrected chi connectivity index (χ1v) is 8.41. The standard InChI is InChI=1S/C16H24N6O2/c1-4-13-18-15(20-19-13)10(2)17-16(23)12-9-22(3)21-14(12)11-5-7-24-8-6-11/h9-11H,4-8H2,1-3H3,(H,17,23)(H,18,19,20). The highest BCUT2D eigenvalue weighted by Crippen LogP contribution is 2.28. The number of carbonyl (C=O) groups excluding carboxylic acids is 1. The summed E-state index contributed by atoms with van der Waals surface area (Å²) in [6.45, 7) is 5.32. The highest BCUT2D eigenvalue weighted by atomic mass is 16.5. The third kappa shape index (κ3) is 3.48. The van der Waals surface area contributed by atoms with Crippen LogP contribution in [0, 0.1) is 0 Å². The molecule has 1 aliphatic heterocycles. The van der Waals surface area contributed by atoms with Crippen LogP contribution in [-0.2, 0) is 18.2 Å². The van der Waals surface area contributed by atoms with E-state index in [0.29, 0.717) is 11.4 Å². The van der Waals surface area contributed by atoms with Gasteiger partial charge in [0.15, 0.2) is 5.82 Å². The highest BCUT2D eigenvalue weighted by Gasteiger charge is 2.26. The maximum atomic E-state index is 12.7. The molecule has 1 aliphatic rings. The summed E-state index contributed by atoms with van der Waals surface area (Å²) in [4.78, 5) is 17.1. The van der Waals surface area contributed by atoms with Gasteiger partial charge < -0.3 is 10.1 Å². The fourth-order valence-corrected chi connectivity index (χ4v) is 2.95. The van der Waals surface area contributed by atoms with Gasteiger partial charge in [-0.2, -0.15) is 10.2 Å². The number of aromatic nitrogens is 5. The zero-order chi connectivity index (χ0) is 17.1. The second kappa shape index (κ2) is 7.12. The quantitative estimate of drug-likeness (QED) is 0.864. The number of amides is 1. The summed E-state index contributed by atoms with van der Waals surface area (Å²) >= 11 is 0. The van der Waals surface area contributed by atoms with Crippen LogP contribution in [0.5, 0.6) is 0 Å². The van der Waals surface area contributed by atoms with Gasteiger partial charge in [0.05, 0.1) is 17.3 Å². The normalized spacial score (nSPS) is 17.0.